The maximum atomic E-state index is 12.4. The summed E-state index contributed by atoms with van der Waals surface area (Å²) in [5.41, 5.74) is 1.19. The van der Waals surface area contributed by atoms with Gasteiger partial charge in [-0.25, -0.2) is 9.97 Å². The van der Waals surface area contributed by atoms with Gasteiger partial charge in [0.05, 0.1) is 12.8 Å². The predicted molar refractivity (Wildman–Crippen MR) is 107 cm³/mol. The second-order valence-electron chi connectivity index (χ2n) is 7.61. The minimum atomic E-state index is -0.303. The molecule has 27 heavy (non-hydrogen) atoms. The van der Waals surface area contributed by atoms with Gasteiger partial charge in [-0.2, -0.15) is 0 Å². The van der Waals surface area contributed by atoms with E-state index in [-0.39, 0.29) is 11.4 Å². The average molecular weight is 369 g/mol. The lowest BCUT2D eigenvalue weighted by molar-refractivity contribution is 0.0914. The van der Waals surface area contributed by atoms with E-state index in [1.54, 1.807) is 13.2 Å². The third kappa shape index (κ3) is 4.67. The number of nitrogens with zero attached hydrogens (tertiary/aromatic N) is 4. The number of piperazine rings is 1. The highest BCUT2D eigenvalue weighted by Gasteiger charge is 2.22. The molecule has 2 heterocycles. The van der Waals surface area contributed by atoms with Gasteiger partial charge < -0.3 is 19.9 Å². The lowest BCUT2D eigenvalue weighted by atomic mass is 10.1. The van der Waals surface area contributed by atoms with E-state index >= 15 is 0 Å². The van der Waals surface area contributed by atoms with Crippen LogP contribution in [0.1, 0.15) is 31.3 Å². The zero-order chi connectivity index (χ0) is 19.4. The molecule has 1 N–H and O–H groups in total. The number of carbonyl (C=O) groups excluding carboxylic acids is 1. The number of methoxy groups -OCH3 is 1. The number of hydrogen-bond donors (Lipinski definition) is 1. The van der Waals surface area contributed by atoms with Crippen LogP contribution in [0.3, 0.4) is 0 Å². The molecule has 1 fully saturated rings. The maximum Gasteiger partial charge on any atom is 0.270 e. The molecule has 0 bridgehead atoms. The smallest absolute Gasteiger partial charge is 0.270 e. The van der Waals surface area contributed by atoms with Gasteiger partial charge in [0.2, 0.25) is 0 Å². The molecule has 3 rings (SSSR count). The molecule has 0 unspecified atom stereocenters. The minimum absolute atomic E-state index is 0.182. The van der Waals surface area contributed by atoms with Crippen molar-refractivity contribution < 1.29 is 9.53 Å². The first-order chi connectivity index (χ1) is 12.9. The molecule has 1 saturated heterocycles. The van der Waals surface area contributed by atoms with Crippen LogP contribution in [0.25, 0.3) is 0 Å². The number of amides is 1. The highest BCUT2D eigenvalue weighted by Crippen LogP contribution is 2.29. The summed E-state index contributed by atoms with van der Waals surface area (Å²) in [6.07, 6.45) is 1.46. The number of aromatic nitrogens is 2. The van der Waals surface area contributed by atoms with E-state index < -0.39 is 0 Å². The van der Waals surface area contributed by atoms with Gasteiger partial charge in [0.25, 0.3) is 5.91 Å². The van der Waals surface area contributed by atoms with Crippen LogP contribution in [0.4, 0.5) is 11.5 Å². The molecule has 0 aliphatic carbocycles. The quantitative estimate of drug-likeness (QED) is 0.892. The second kappa shape index (κ2) is 7.82. The highest BCUT2D eigenvalue weighted by molar-refractivity contribution is 5.93. The molecule has 1 aromatic heterocycles. The first kappa shape index (κ1) is 18.9. The van der Waals surface area contributed by atoms with Crippen molar-refractivity contribution in [1.29, 1.82) is 0 Å². The van der Waals surface area contributed by atoms with Gasteiger partial charge in [-0.05, 0) is 32.9 Å². The number of benzene rings is 1. The fourth-order valence-electron chi connectivity index (χ4n) is 3.12. The van der Waals surface area contributed by atoms with Gasteiger partial charge in [-0.3, -0.25) is 4.79 Å². The Morgan fingerprint density at radius 1 is 1.07 bits per heavy atom. The Balaban J connectivity index is 1.68. The van der Waals surface area contributed by atoms with Crippen LogP contribution in [0.15, 0.2) is 36.7 Å². The first-order valence-corrected chi connectivity index (χ1v) is 9.15. The molecule has 0 spiro atoms. The van der Waals surface area contributed by atoms with Gasteiger partial charge in [-0.15, -0.1) is 0 Å². The largest absolute Gasteiger partial charge is 0.495 e. The molecule has 0 saturated carbocycles. The van der Waals surface area contributed by atoms with Crippen molar-refractivity contribution >= 4 is 17.4 Å². The van der Waals surface area contributed by atoms with Gasteiger partial charge in [0.1, 0.15) is 23.6 Å². The second-order valence-corrected chi connectivity index (χ2v) is 7.61. The van der Waals surface area contributed by atoms with Gasteiger partial charge in [0, 0.05) is 37.8 Å². The molecule has 1 aromatic carbocycles. The number of carbonyl (C=O) groups is 1. The third-order valence-corrected chi connectivity index (χ3v) is 4.40. The molecule has 0 atom stereocenters. The molecule has 7 nitrogen and oxygen atoms in total. The van der Waals surface area contributed by atoms with E-state index in [2.05, 4.69) is 31.2 Å². The Hall–Kier alpha value is -2.83. The summed E-state index contributed by atoms with van der Waals surface area (Å²) >= 11 is 0. The first-order valence-electron chi connectivity index (χ1n) is 9.15. The number of ether oxygens (including phenoxy) is 1. The molecule has 1 aliphatic rings. The molecule has 0 radical (unpaired) electrons. The summed E-state index contributed by atoms with van der Waals surface area (Å²) in [7, 11) is 1.69. The standard InChI is InChI=1S/C20H27N5O2/c1-20(2,3)23-19(26)15-13-18(22-14-21-15)25-11-9-24(10-12-25)16-7-5-6-8-17(16)27-4/h5-8,13-14H,9-12H2,1-4H3,(H,23,26). The van der Waals surface area contributed by atoms with Crippen LogP contribution in [0, 0.1) is 0 Å². The zero-order valence-corrected chi connectivity index (χ0v) is 16.4. The fourth-order valence-corrected chi connectivity index (χ4v) is 3.12. The zero-order valence-electron chi connectivity index (χ0n) is 16.4. The van der Waals surface area contributed by atoms with E-state index in [1.807, 2.05) is 39.0 Å². The monoisotopic (exact) mass is 369 g/mol. The van der Waals surface area contributed by atoms with Crippen LogP contribution in [0.5, 0.6) is 5.75 Å². The molecule has 144 valence electrons. The van der Waals surface area contributed by atoms with Crippen LogP contribution in [-0.4, -0.2) is 54.7 Å². The van der Waals surface area contributed by atoms with E-state index in [1.165, 1.54) is 6.33 Å². The molecule has 2 aromatic rings. The summed E-state index contributed by atoms with van der Waals surface area (Å²) in [6.45, 7) is 9.19. The van der Waals surface area contributed by atoms with Crippen molar-refractivity contribution in [1.82, 2.24) is 15.3 Å². The summed E-state index contributed by atoms with van der Waals surface area (Å²) in [4.78, 5) is 25.3. The lowest BCUT2D eigenvalue weighted by Gasteiger charge is -2.37. The van der Waals surface area contributed by atoms with Crippen LogP contribution >= 0.6 is 0 Å². The topological polar surface area (TPSA) is 70.6 Å². The lowest BCUT2D eigenvalue weighted by Crippen LogP contribution is -2.47. The number of anilines is 2. The Labute approximate surface area is 160 Å². The van der Waals surface area contributed by atoms with E-state index in [0.29, 0.717) is 5.69 Å². The number of para-hydroxylation sites is 2. The Kier molecular flexibility index (Phi) is 5.48. The van der Waals surface area contributed by atoms with Crippen molar-refractivity contribution in [2.24, 2.45) is 0 Å². The van der Waals surface area contributed by atoms with E-state index in [4.69, 9.17) is 4.74 Å². The molecule has 1 aliphatic heterocycles. The van der Waals surface area contributed by atoms with Crippen LogP contribution in [0.2, 0.25) is 0 Å². The summed E-state index contributed by atoms with van der Waals surface area (Å²) in [5, 5.41) is 2.94. The number of hydrogen-bond acceptors (Lipinski definition) is 6. The Morgan fingerprint density at radius 2 is 1.74 bits per heavy atom. The summed E-state index contributed by atoms with van der Waals surface area (Å²) in [6, 6.07) is 9.82. The van der Waals surface area contributed by atoms with Crippen molar-refractivity contribution in [3.8, 4) is 5.75 Å². The minimum Gasteiger partial charge on any atom is -0.495 e. The van der Waals surface area contributed by atoms with Crippen molar-refractivity contribution in [3.05, 3.63) is 42.4 Å². The fraction of sp³-hybridized carbons (Fsp3) is 0.450. The van der Waals surface area contributed by atoms with Crippen molar-refractivity contribution in [2.45, 2.75) is 26.3 Å². The third-order valence-electron chi connectivity index (χ3n) is 4.40. The highest BCUT2D eigenvalue weighted by atomic mass is 16.5. The van der Waals surface area contributed by atoms with Crippen LogP contribution in [-0.2, 0) is 0 Å². The number of rotatable bonds is 4. The van der Waals surface area contributed by atoms with Crippen LogP contribution < -0.4 is 19.9 Å². The molecule has 1 amide bonds. The summed E-state index contributed by atoms with van der Waals surface area (Å²) in [5.74, 6) is 1.48. The average Bonchev–Trinajstić information content (AvgIpc) is 2.67. The molecule has 7 heteroatoms. The van der Waals surface area contributed by atoms with E-state index in [0.717, 1.165) is 43.4 Å². The van der Waals surface area contributed by atoms with Crippen molar-refractivity contribution in [3.63, 3.8) is 0 Å². The molecular formula is C20H27N5O2. The van der Waals surface area contributed by atoms with Gasteiger partial charge >= 0.3 is 0 Å². The van der Waals surface area contributed by atoms with Gasteiger partial charge in [0.15, 0.2) is 0 Å². The van der Waals surface area contributed by atoms with Crippen molar-refractivity contribution in [2.75, 3.05) is 43.1 Å². The summed E-state index contributed by atoms with van der Waals surface area (Å²) < 4.78 is 5.47. The predicted octanol–water partition coefficient (Wildman–Crippen LogP) is 2.34. The molecular weight excluding hydrogens is 342 g/mol. The van der Waals surface area contributed by atoms with Gasteiger partial charge in [-0.1, -0.05) is 12.1 Å². The SMILES string of the molecule is COc1ccccc1N1CCN(c2cc(C(=O)NC(C)(C)C)ncn2)CC1. The normalized spacial score (nSPS) is 14.8. The maximum absolute atomic E-state index is 12.4. The van der Waals surface area contributed by atoms with E-state index in [9.17, 15) is 4.79 Å². The Morgan fingerprint density at radius 3 is 2.41 bits per heavy atom. The Bertz CT molecular complexity index is 795. The number of nitrogens with one attached hydrogen (secondary N) is 1.